The topological polar surface area (TPSA) is 68.5 Å². The number of carbonyl (C=O) groups excluding carboxylic acids is 1. The first-order valence-electron chi connectivity index (χ1n) is 9.26. The molecule has 2 aromatic heterocycles. The second-order valence-corrected chi connectivity index (χ2v) is 7.03. The van der Waals surface area contributed by atoms with Crippen LogP contribution in [0, 0.1) is 6.92 Å². The molecule has 1 atom stereocenters. The normalized spacial score (nSPS) is 17.0. The number of alkyl halides is 3. The molecule has 0 saturated carbocycles. The Morgan fingerprint density at radius 3 is 2.72 bits per heavy atom. The van der Waals surface area contributed by atoms with E-state index in [2.05, 4.69) is 15.4 Å². The highest BCUT2D eigenvalue weighted by molar-refractivity contribution is 5.99. The Morgan fingerprint density at radius 2 is 2.07 bits per heavy atom. The van der Waals surface area contributed by atoms with E-state index in [0.717, 1.165) is 30.7 Å². The van der Waals surface area contributed by atoms with Crippen molar-refractivity contribution in [1.82, 2.24) is 19.9 Å². The van der Waals surface area contributed by atoms with E-state index < -0.39 is 17.8 Å². The molecule has 0 aliphatic carbocycles. The van der Waals surface area contributed by atoms with Crippen LogP contribution in [0.1, 0.15) is 34.5 Å². The molecule has 1 N–H and O–H groups in total. The van der Waals surface area contributed by atoms with Crippen molar-refractivity contribution in [2.45, 2.75) is 32.0 Å². The van der Waals surface area contributed by atoms with E-state index in [1.165, 1.54) is 0 Å². The van der Waals surface area contributed by atoms with E-state index in [9.17, 15) is 18.0 Å². The molecule has 4 rings (SSSR count). The molecule has 0 spiro atoms. The van der Waals surface area contributed by atoms with Gasteiger partial charge in [-0.25, -0.2) is 9.50 Å². The van der Waals surface area contributed by atoms with E-state index in [0.29, 0.717) is 23.2 Å². The lowest BCUT2D eigenvalue weighted by Gasteiger charge is -2.12. The lowest BCUT2D eigenvalue weighted by Crippen LogP contribution is -2.31. The Labute approximate surface area is 164 Å². The maximum Gasteiger partial charge on any atom is 0.433 e. The number of nitrogens with zero attached hydrogens (tertiary/aromatic N) is 3. The third-order valence-corrected chi connectivity index (χ3v) is 4.87. The molecule has 9 heteroatoms. The van der Waals surface area contributed by atoms with Gasteiger partial charge in [0, 0.05) is 18.7 Å². The summed E-state index contributed by atoms with van der Waals surface area (Å²) in [5.41, 5.74) is 0.484. The highest BCUT2D eigenvalue weighted by atomic mass is 19.4. The summed E-state index contributed by atoms with van der Waals surface area (Å²) in [7, 11) is 0. The van der Waals surface area contributed by atoms with Gasteiger partial charge in [-0.1, -0.05) is 29.8 Å². The molecule has 3 aromatic rings. The molecule has 1 fully saturated rings. The molecule has 152 valence electrons. The summed E-state index contributed by atoms with van der Waals surface area (Å²) in [5, 5.41) is 6.48. The fraction of sp³-hybridized carbons (Fsp3) is 0.350. The number of hydrogen-bond acceptors (Lipinski definition) is 4. The zero-order valence-electron chi connectivity index (χ0n) is 15.7. The number of aryl methyl sites for hydroxylation is 1. The van der Waals surface area contributed by atoms with Crippen molar-refractivity contribution in [3.63, 3.8) is 0 Å². The van der Waals surface area contributed by atoms with Crippen LogP contribution in [0.2, 0.25) is 0 Å². The van der Waals surface area contributed by atoms with Crippen molar-refractivity contribution in [2.24, 2.45) is 0 Å². The zero-order valence-corrected chi connectivity index (χ0v) is 15.7. The molecule has 1 aliphatic heterocycles. The molecular weight excluding hydrogens is 385 g/mol. The van der Waals surface area contributed by atoms with Crippen molar-refractivity contribution >= 4 is 11.6 Å². The van der Waals surface area contributed by atoms with Crippen LogP contribution in [0.15, 0.2) is 36.5 Å². The summed E-state index contributed by atoms with van der Waals surface area (Å²) in [6, 6.07) is 7.92. The Bertz CT molecular complexity index is 1040. The number of carbonyl (C=O) groups is 1. The van der Waals surface area contributed by atoms with Crippen LogP contribution in [0.4, 0.5) is 13.2 Å². The molecule has 1 saturated heterocycles. The van der Waals surface area contributed by atoms with E-state index >= 15 is 0 Å². The van der Waals surface area contributed by atoms with Crippen LogP contribution in [0.25, 0.3) is 16.9 Å². The average molecular weight is 404 g/mol. The Balaban J connectivity index is 1.75. The quantitative estimate of drug-likeness (QED) is 0.721. The number of nitrogens with one attached hydrogen (secondary N) is 1. The number of halogens is 3. The van der Waals surface area contributed by atoms with Gasteiger partial charge < -0.3 is 10.1 Å². The predicted octanol–water partition coefficient (Wildman–Crippen LogP) is 3.63. The Hall–Kier alpha value is -2.94. The first-order valence-corrected chi connectivity index (χ1v) is 9.26. The van der Waals surface area contributed by atoms with Gasteiger partial charge in [0.15, 0.2) is 11.3 Å². The second kappa shape index (κ2) is 7.47. The van der Waals surface area contributed by atoms with Gasteiger partial charge in [0.2, 0.25) is 0 Å². The average Bonchev–Trinajstić information content (AvgIpc) is 3.35. The summed E-state index contributed by atoms with van der Waals surface area (Å²) < 4.78 is 47.0. The fourth-order valence-corrected chi connectivity index (χ4v) is 3.30. The highest BCUT2D eigenvalue weighted by Crippen LogP contribution is 2.32. The van der Waals surface area contributed by atoms with Gasteiger partial charge in [-0.2, -0.15) is 18.3 Å². The summed E-state index contributed by atoms with van der Waals surface area (Å²) in [6.45, 7) is 2.82. The zero-order chi connectivity index (χ0) is 20.6. The summed E-state index contributed by atoms with van der Waals surface area (Å²) in [5.74, 6) is -0.530. The van der Waals surface area contributed by atoms with Crippen LogP contribution in [0.3, 0.4) is 0 Å². The summed E-state index contributed by atoms with van der Waals surface area (Å²) in [4.78, 5) is 16.9. The molecule has 1 aromatic carbocycles. The van der Waals surface area contributed by atoms with Crippen LogP contribution >= 0.6 is 0 Å². The van der Waals surface area contributed by atoms with Gasteiger partial charge in [-0.3, -0.25) is 4.79 Å². The van der Waals surface area contributed by atoms with Crippen molar-refractivity contribution in [2.75, 3.05) is 13.2 Å². The minimum Gasteiger partial charge on any atom is -0.376 e. The first kappa shape index (κ1) is 19.4. The largest absolute Gasteiger partial charge is 0.433 e. The molecule has 1 aliphatic rings. The van der Waals surface area contributed by atoms with Crippen LogP contribution < -0.4 is 5.32 Å². The molecule has 3 heterocycles. The third kappa shape index (κ3) is 3.95. The van der Waals surface area contributed by atoms with Crippen molar-refractivity contribution in [3.05, 3.63) is 53.3 Å². The fourth-order valence-electron chi connectivity index (χ4n) is 3.30. The van der Waals surface area contributed by atoms with Gasteiger partial charge in [-0.05, 0) is 25.8 Å². The minimum absolute atomic E-state index is 0.0116. The third-order valence-electron chi connectivity index (χ3n) is 4.87. The monoisotopic (exact) mass is 404 g/mol. The maximum atomic E-state index is 13.6. The van der Waals surface area contributed by atoms with Gasteiger partial charge >= 0.3 is 6.18 Å². The lowest BCUT2D eigenvalue weighted by atomic mass is 10.1. The molecule has 0 radical (unpaired) electrons. The number of ether oxygens (including phenoxy) is 1. The van der Waals surface area contributed by atoms with Gasteiger partial charge in [0.05, 0.1) is 18.0 Å². The second-order valence-electron chi connectivity index (χ2n) is 7.03. The number of aromatic nitrogens is 3. The van der Waals surface area contributed by atoms with Crippen LogP contribution in [0.5, 0.6) is 0 Å². The molecular formula is C20H19F3N4O2. The number of rotatable bonds is 4. The van der Waals surface area contributed by atoms with Crippen molar-refractivity contribution < 1.29 is 22.7 Å². The van der Waals surface area contributed by atoms with E-state index in [-0.39, 0.29) is 23.0 Å². The molecule has 29 heavy (non-hydrogen) atoms. The minimum atomic E-state index is -4.65. The maximum absolute atomic E-state index is 13.6. The van der Waals surface area contributed by atoms with Crippen molar-refractivity contribution in [3.8, 4) is 11.3 Å². The van der Waals surface area contributed by atoms with Crippen molar-refractivity contribution in [1.29, 1.82) is 0 Å². The molecule has 1 amide bonds. The number of fused-ring (bicyclic) bond motifs is 1. The summed E-state index contributed by atoms with van der Waals surface area (Å²) >= 11 is 0. The van der Waals surface area contributed by atoms with Crippen LogP contribution in [-0.2, 0) is 10.9 Å². The van der Waals surface area contributed by atoms with E-state index in [4.69, 9.17) is 4.74 Å². The Morgan fingerprint density at radius 1 is 1.31 bits per heavy atom. The van der Waals surface area contributed by atoms with Crippen LogP contribution in [-0.4, -0.2) is 39.8 Å². The lowest BCUT2D eigenvalue weighted by molar-refractivity contribution is -0.142. The number of benzene rings is 1. The molecule has 0 bridgehead atoms. The van der Waals surface area contributed by atoms with E-state index in [1.807, 2.05) is 6.92 Å². The van der Waals surface area contributed by atoms with Gasteiger partial charge in [-0.15, -0.1) is 0 Å². The van der Waals surface area contributed by atoms with E-state index in [1.54, 1.807) is 24.3 Å². The standard InChI is InChI=1S/C20H19F3N4O2/c1-12-4-6-13(7-5-12)16-9-17(20(21,22)23)27-18(26-16)15(11-25-27)19(28)24-10-14-3-2-8-29-14/h4-7,9,11,14H,2-3,8,10H2,1H3,(H,24,28)/t14-/m0/s1. The highest BCUT2D eigenvalue weighted by Gasteiger charge is 2.36. The van der Waals surface area contributed by atoms with Gasteiger partial charge in [0.1, 0.15) is 5.56 Å². The molecule has 0 unspecified atom stereocenters. The first-order chi connectivity index (χ1) is 13.8. The summed E-state index contributed by atoms with van der Waals surface area (Å²) in [6.07, 6.45) is -1.86. The Kier molecular flexibility index (Phi) is 4.99. The SMILES string of the molecule is Cc1ccc(-c2cc(C(F)(F)F)n3ncc(C(=O)NC[C@@H]4CCCO4)c3n2)cc1. The smallest absolute Gasteiger partial charge is 0.376 e. The molecule has 6 nitrogen and oxygen atoms in total. The predicted molar refractivity (Wildman–Crippen MR) is 99.5 cm³/mol. The number of amides is 1. The number of hydrogen-bond donors (Lipinski definition) is 1. The van der Waals surface area contributed by atoms with Gasteiger partial charge in [0.25, 0.3) is 5.91 Å².